The molecule has 0 aliphatic carbocycles. The molecule has 0 bridgehead atoms. The van der Waals surface area contributed by atoms with E-state index >= 15 is 0 Å². The van der Waals surface area contributed by atoms with Crippen LogP contribution in [0.15, 0.2) is 30.5 Å². The third kappa shape index (κ3) is 2.05. The summed E-state index contributed by atoms with van der Waals surface area (Å²) >= 11 is 2.29. The zero-order chi connectivity index (χ0) is 10.8. The molecular weight excluding hydrogens is 301 g/mol. The van der Waals surface area contributed by atoms with Crippen LogP contribution in [0.3, 0.4) is 0 Å². The molecule has 15 heavy (non-hydrogen) atoms. The molecule has 2 aromatic rings. The molecule has 78 valence electrons. The highest BCUT2D eigenvalue weighted by Crippen LogP contribution is 2.24. The summed E-state index contributed by atoms with van der Waals surface area (Å²) in [5, 5.41) is 4.22. The maximum absolute atomic E-state index is 5.56. The van der Waals surface area contributed by atoms with Gasteiger partial charge in [-0.15, -0.1) is 0 Å². The molecule has 0 radical (unpaired) electrons. The molecule has 0 saturated heterocycles. The predicted octanol–water partition coefficient (Wildman–Crippen LogP) is 2.15. The molecule has 0 aliphatic heterocycles. The molecule has 1 heterocycles. The highest BCUT2D eigenvalue weighted by molar-refractivity contribution is 14.1. The average molecular weight is 313 g/mol. The van der Waals surface area contributed by atoms with Gasteiger partial charge in [0.1, 0.15) is 0 Å². The summed E-state index contributed by atoms with van der Waals surface area (Å²) in [4.78, 5) is 0. The Morgan fingerprint density at radius 1 is 1.33 bits per heavy atom. The first-order chi connectivity index (χ1) is 7.22. The van der Waals surface area contributed by atoms with Gasteiger partial charge in [-0.05, 0) is 28.2 Å². The topological polar surface area (TPSA) is 43.8 Å². The first-order valence-electron chi connectivity index (χ1n) is 4.69. The molecule has 0 amide bonds. The Bertz CT molecular complexity index is 440. The third-order valence-corrected chi connectivity index (χ3v) is 3.15. The van der Waals surface area contributed by atoms with Gasteiger partial charge in [-0.25, -0.2) is 0 Å². The fourth-order valence-electron chi connectivity index (χ4n) is 1.53. The van der Waals surface area contributed by atoms with E-state index in [1.54, 1.807) is 0 Å². The molecule has 0 spiro atoms. The van der Waals surface area contributed by atoms with E-state index in [4.69, 9.17) is 5.73 Å². The van der Waals surface area contributed by atoms with Crippen LogP contribution in [-0.2, 0) is 13.6 Å². The maximum Gasteiger partial charge on any atom is 0.0812 e. The van der Waals surface area contributed by atoms with Gasteiger partial charge in [0.15, 0.2) is 0 Å². The van der Waals surface area contributed by atoms with Crippen LogP contribution in [0.25, 0.3) is 11.3 Å². The van der Waals surface area contributed by atoms with E-state index in [1.807, 2.05) is 17.9 Å². The van der Waals surface area contributed by atoms with E-state index in [9.17, 15) is 0 Å². The van der Waals surface area contributed by atoms with Gasteiger partial charge in [-0.1, -0.05) is 24.3 Å². The Morgan fingerprint density at radius 2 is 2.00 bits per heavy atom. The SMILES string of the molecule is Cn1ncc(I)c1-c1ccc(CN)cc1. The van der Waals surface area contributed by atoms with Gasteiger partial charge < -0.3 is 5.73 Å². The minimum Gasteiger partial charge on any atom is -0.326 e. The van der Waals surface area contributed by atoms with E-state index in [0.717, 1.165) is 14.8 Å². The summed E-state index contributed by atoms with van der Waals surface area (Å²) in [6.07, 6.45) is 1.87. The second-order valence-electron chi connectivity index (χ2n) is 3.37. The monoisotopic (exact) mass is 313 g/mol. The molecule has 0 atom stereocenters. The van der Waals surface area contributed by atoms with Crippen molar-refractivity contribution in [1.29, 1.82) is 0 Å². The van der Waals surface area contributed by atoms with Crippen molar-refractivity contribution in [3.63, 3.8) is 0 Å². The van der Waals surface area contributed by atoms with Crippen LogP contribution in [0.2, 0.25) is 0 Å². The molecule has 0 unspecified atom stereocenters. The van der Waals surface area contributed by atoms with Crippen molar-refractivity contribution in [2.75, 3.05) is 0 Å². The zero-order valence-electron chi connectivity index (χ0n) is 8.44. The van der Waals surface area contributed by atoms with Crippen molar-refractivity contribution in [3.8, 4) is 11.3 Å². The summed E-state index contributed by atoms with van der Waals surface area (Å²) < 4.78 is 3.05. The smallest absolute Gasteiger partial charge is 0.0812 e. The van der Waals surface area contributed by atoms with Crippen LogP contribution in [0.1, 0.15) is 5.56 Å². The Kier molecular flexibility index (Phi) is 3.06. The van der Waals surface area contributed by atoms with Crippen LogP contribution in [-0.4, -0.2) is 9.78 Å². The lowest BCUT2D eigenvalue weighted by Gasteiger charge is -2.04. The maximum atomic E-state index is 5.56. The Morgan fingerprint density at radius 3 is 2.47 bits per heavy atom. The first-order valence-corrected chi connectivity index (χ1v) is 5.77. The molecular formula is C11H12IN3. The van der Waals surface area contributed by atoms with Gasteiger partial charge in [-0.3, -0.25) is 4.68 Å². The molecule has 0 aliphatic rings. The number of aryl methyl sites for hydroxylation is 1. The standard InChI is InChI=1S/C11H12IN3/c1-15-11(10(12)7-14-15)9-4-2-8(6-13)3-5-9/h2-5,7H,6,13H2,1H3. The summed E-state index contributed by atoms with van der Waals surface area (Å²) in [7, 11) is 1.95. The van der Waals surface area contributed by atoms with E-state index < -0.39 is 0 Å². The van der Waals surface area contributed by atoms with Crippen molar-refractivity contribution in [3.05, 3.63) is 39.6 Å². The van der Waals surface area contributed by atoms with E-state index in [0.29, 0.717) is 6.54 Å². The van der Waals surface area contributed by atoms with E-state index in [-0.39, 0.29) is 0 Å². The number of rotatable bonds is 2. The predicted molar refractivity (Wildman–Crippen MR) is 69.3 cm³/mol. The van der Waals surface area contributed by atoms with Gasteiger partial charge in [0, 0.05) is 19.2 Å². The van der Waals surface area contributed by atoms with Gasteiger partial charge in [-0.2, -0.15) is 5.10 Å². The molecule has 1 aromatic carbocycles. The number of nitrogens with two attached hydrogens (primary N) is 1. The number of hydrogen-bond acceptors (Lipinski definition) is 2. The van der Waals surface area contributed by atoms with Crippen molar-refractivity contribution in [2.24, 2.45) is 12.8 Å². The Hall–Kier alpha value is -0.880. The lowest BCUT2D eigenvalue weighted by molar-refractivity contribution is 0.775. The van der Waals surface area contributed by atoms with Crippen molar-refractivity contribution < 1.29 is 0 Å². The quantitative estimate of drug-likeness (QED) is 0.864. The van der Waals surface area contributed by atoms with Crippen LogP contribution in [0, 0.1) is 3.57 Å². The van der Waals surface area contributed by atoms with Gasteiger partial charge in [0.2, 0.25) is 0 Å². The molecule has 0 saturated carbocycles. The van der Waals surface area contributed by atoms with Gasteiger partial charge in [0.25, 0.3) is 0 Å². The number of hydrogen-bond donors (Lipinski definition) is 1. The largest absolute Gasteiger partial charge is 0.326 e. The third-order valence-electron chi connectivity index (χ3n) is 2.36. The minimum atomic E-state index is 0.586. The van der Waals surface area contributed by atoms with Crippen molar-refractivity contribution >= 4 is 22.6 Å². The van der Waals surface area contributed by atoms with Crippen molar-refractivity contribution in [1.82, 2.24) is 9.78 Å². The number of benzene rings is 1. The van der Waals surface area contributed by atoms with E-state index in [1.165, 1.54) is 5.56 Å². The molecule has 2 N–H and O–H groups in total. The van der Waals surface area contributed by atoms with Gasteiger partial charge >= 0.3 is 0 Å². The normalized spacial score (nSPS) is 10.6. The van der Waals surface area contributed by atoms with E-state index in [2.05, 4.69) is 52.0 Å². The molecule has 3 nitrogen and oxygen atoms in total. The summed E-state index contributed by atoms with van der Waals surface area (Å²) in [6, 6.07) is 8.28. The first kappa shape index (κ1) is 10.6. The highest BCUT2D eigenvalue weighted by Gasteiger charge is 2.07. The minimum absolute atomic E-state index is 0.586. The lowest BCUT2D eigenvalue weighted by Crippen LogP contribution is -1.97. The highest BCUT2D eigenvalue weighted by atomic mass is 127. The number of halogens is 1. The second-order valence-corrected chi connectivity index (χ2v) is 4.53. The fourth-order valence-corrected chi connectivity index (χ4v) is 2.32. The summed E-state index contributed by atoms with van der Waals surface area (Å²) in [6.45, 7) is 0.586. The lowest BCUT2D eigenvalue weighted by atomic mass is 10.1. The number of aromatic nitrogens is 2. The van der Waals surface area contributed by atoms with Gasteiger partial charge in [0.05, 0.1) is 15.5 Å². The van der Waals surface area contributed by atoms with Crippen LogP contribution in [0.5, 0.6) is 0 Å². The molecule has 4 heteroatoms. The molecule has 2 rings (SSSR count). The van der Waals surface area contributed by atoms with Crippen LogP contribution < -0.4 is 5.73 Å². The molecule has 0 fully saturated rings. The zero-order valence-corrected chi connectivity index (χ0v) is 10.6. The molecule has 1 aromatic heterocycles. The summed E-state index contributed by atoms with van der Waals surface area (Å²) in [5.74, 6) is 0. The Balaban J connectivity index is 2.45. The second kappa shape index (κ2) is 4.32. The van der Waals surface area contributed by atoms with Crippen LogP contribution in [0.4, 0.5) is 0 Å². The Labute approximate surface area is 102 Å². The van der Waals surface area contributed by atoms with Crippen LogP contribution >= 0.6 is 22.6 Å². The average Bonchev–Trinajstić information content (AvgIpc) is 2.59. The van der Waals surface area contributed by atoms with Crippen molar-refractivity contribution in [2.45, 2.75) is 6.54 Å². The number of nitrogens with zero attached hydrogens (tertiary/aromatic N) is 2. The summed E-state index contributed by atoms with van der Waals surface area (Å²) in [5.41, 5.74) is 9.04. The fraction of sp³-hybridized carbons (Fsp3) is 0.182.